The van der Waals surface area contributed by atoms with E-state index < -0.39 is 0 Å². The molecule has 0 bridgehead atoms. The van der Waals surface area contributed by atoms with E-state index in [9.17, 15) is 9.59 Å². The van der Waals surface area contributed by atoms with E-state index in [2.05, 4.69) is 20.5 Å². The molecule has 0 radical (unpaired) electrons. The lowest BCUT2D eigenvalue weighted by Crippen LogP contribution is -2.27. The standard InChI is InChI=1S/C6H10N4O2S/c1-3(4(11)7-2)13-6-8-5(12)9-10-6/h3H,1-2H3,(H,7,11)(H2,8,9,10,12). The van der Waals surface area contributed by atoms with Crippen molar-refractivity contribution in [1.29, 1.82) is 0 Å². The molecule has 7 heteroatoms. The van der Waals surface area contributed by atoms with Crippen molar-refractivity contribution in [3.8, 4) is 0 Å². The number of carbonyl (C=O) groups is 1. The molecule has 3 N–H and O–H groups in total. The Morgan fingerprint density at radius 3 is 2.85 bits per heavy atom. The van der Waals surface area contributed by atoms with Crippen molar-refractivity contribution in [2.24, 2.45) is 0 Å². The first kappa shape index (κ1) is 9.85. The first-order valence-corrected chi connectivity index (χ1v) is 4.54. The summed E-state index contributed by atoms with van der Waals surface area (Å²) in [7, 11) is 1.56. The zero-order valence-corrected chi connectivity index (χ0v) is 8.07. The van der Waals surface area contributed by atoms with Gasteiger partial charge in [0.05, 0.1) is 5.25 Å². The number of aromatic amines is 2. The van der Waals surface area contributed by atoms with Gasteiger partial charge in [0, 0.05) is 7.05 Å². The Morgan fingerprint density at radius 1 is 1.69 bits per heavy atom. The van der Waals surface area contributed by atoms with Crippen LogP contribution < -0.4 is 11.0 Å². The van der Waals surface area contributed by atoms with Crippen molar-refractivity contribution >= 4 is 17.7 Å². The lowest BCUT2D eigenvalue weighted by molar-refractivity contribution is -0.119. The molecule has 1 aromatic rings. The van der Waals surface area contributed by atoms with E-state index in [1.165, 1.54) is 11.8 Å². The van der Waals surface area contributed by atoms with Crippen LogP contribution in [0, 0.1) is 0 Å². The Hall–Kier alpha value is -1.24. The van der Waals surface area contributed by atoms with Crippen molar-refractivity contribution in [3.05, 3.63) is 10.5 Å². The molecule has 1 atom stereocenters. The Labute approximate surface area is 78.5 Å². The van der Waals surface area contributed by atoms with Crippen LogP contribution in [0.15, 0.2) is 9.95 Å². The van der Waals surface area contributed by atoms with Crippen LogP contribution in [0.1, 0.15) is 6.92 Å². The summed E-state index contributed by atoms with van der Waals surface area (Å²) in [4.78, 5) is 24.1. The summed E-state index contributed by atoms with van der Waals surface area (Å²) in [5, 5.41) is 8.53. The fourth-order valence-electron chi connectivity index (χ4n) is 0.735. The van der Waals surface area contributed by atoms with E-state index in [1.54, 1.807) is 14.0 Å². The van der Waals surface area contributed by atoms with Crippen molar-refractivity contribution in [1.82, 2.24) is 20.5 Å². The van der Waals surface area contributed by atoms with Crippen LogP contribution >= 0.6 is 11.8 Å². The molecule has 1 aromatic heterocycles. The van der Waals surface area contributed by atoms with Crippen molar-refractivity contribution < 1.29 is 4.79 Å². The average molecular weight is 202 g/mol. The molecule has 0 aliphatic rings. The van der Waals surface area contributed by atoms with Crippen LogP contribution in [0.3, 0.4) is 0 Å². The van der Waals surface area contributed by atoms with Crippen LogP contribution in [0.2, 0.25) is 0 Å². The molecule has 1 amide bonds. The maximum Gasteiger partial charge on any atom is 0.341 e. The fraction of sp³-hybridized carbons (Fsp3) is 0.500. The van der Waals surface area contributed by atoms with E-state index in [0.29, 0.717) is 5.16 Å². The van der Waals surface area contributed by atoms with Crippen LogP contribution in [0.4, 0.5) is 0 Å². The Balaban J connectivity index is 2.59. The fourth-order valence-corrected chi connectivity index (χ4v) is 1.54. The molecule has 1 unspecified atom stereocenters. The molecule has 1 rings (SSSR count). The minimum Gasteiger partial charge on any atom is -0.358 e. The second-order valence-corrected chi connectivity index (χ2v) is 3.69. The van der Waals surface area contributed by atoms with Crippen LogP contribution in [-0.2, 0) is 4.79 Å². The van der Waals surface area contributed by atoms with Gasteiger partial charge in [0.25, 0.3) is 0 Å². The van der Waals surface area contributed by atoms with Crippen LogP contribution in [0.25, 0.3) is 0 Å². The van der Waals surface area contributed by atoms with Gasteiger partial charge < -0.3 is 5.32 Å². The van der Waals surface area contributed by atoms with Crippen molar-refractivity contribution in [2.75, 3.05) is 7.05 Å². The van der Waals surface area contributed by atoms with E-state index in [1.807, 2.05) is 0 Å². The summed E-state index contributed by atoms with van der Waals surface area (Å²) in [6.45, 7) is 1.73. The number of hydrogen-bond acceptors (Lipinski definition) is 4. The predicted octanol–water partition coefficient (Wildman–Crippen LogP) is -0.675. The molecule has 0 aromatic carbocycles. The van der Waals surface area contributed by atoms with Gasteiger partial charge in [-0.15, -0.1) is 5.10 Å². The third kappa shape index (κ3) is 2.62. The van der Waals surface area contributed by atoms with E-state index >= 15 is 0 Å². The highest BCUT2D eigenvalue weighted by molar-refractivity contribution is 8.00. The number of thioether (sulfide) groups is 1. The lowest BCUT2D eigenvalue weighted by Gasteiger charge is -2.05. The van der Waals surface area contributed by atoms with Gasteiger partial charge in [-0.1, -0.05) is 11.8 Å². The Morgan fingerprint density at radius 2 is 2.38 bits per heavy atom. The highest BCUT2D eigenvalue weighted by atomic mass is 32.2. The van der Waals surface area contributed by atoms with Crippen LogP contribution in [-0.4, -0.2) is 33.4 Å². The molecule has 1 heterocycles. The van der Waals surface area contributed by atoms with Gasteiger partial charge in [-0.2, -0.15) is 0 Å². The molecule has 6 nitrogen and oxygen atoms in total. The van der Waals surface area contributed by atoms with Crippen molar-refractivity contribution in [2.45, 2.75) is 17.3 Å². The zero-order chi connectivity index (χ0) is 9.84. The molecular formula is C6H10N4O2S. The minimum atomic E-state index is -0.369. The topological polar surface area (TPSA) is 90.6 Å². The first-order chi connectivity index (χ1) is 6.13. The maximum atomic E-state index is 11.1. The van der Waals surface area contributed by atoms with E-state index in [0.717, 1.165) is 0 Å². The summed E-state index contributed by atoms with van der Waals surface area (Å²) in [5.74, 6) is -0.103. The molecule has 0 saturated carbocycles. The quantitative estimate of drug-likeness (QED) is 0.567. The van der Waals surface area contributed by atoms with Gasteiger partial charge in [-0.3, -0.25) is 9.78 Å². The highest BCUT2D eigenvalue weighted by Crippen LogP contribution is 2.16. The number of hydrogen-bond donors (Lipinski definition) is 3. The molecule has 0 saturated heterocycles. The second kappa shape index (κ2) is 4.13. The van der Waals surface area contributed by atoms with Crippen LogP contribution in [0.5, 0.6) is 0 Å². The average Bonchev–Trinajstić information content (AvgIpc) is 2.49. The van der Waals surface area contributed by atoms with Gasteiger partial charge in [-0.25, -0.2) is 9.89 Å². The molecule has 13 heavy (non-hydrogen) atoms. The maximum absolute atomic E-state index is 11.1. The molecule has 0 aliphatic carbocycles. The summed E-state index contributed by atoms with van der Waals surface area (Å²) in [6, 6.07) is 0. The predicted molar refractivity (Wildman–Crippen MR) is 48.6 cm³/mol. The van der Waals surface area contributed by atoms with Gasteiger partial charge in [0.1, 0.15) is 0 Å². The third-order valence-corrected chi connectivity index (χ3v) is 2.37. The summed E-state index contributed by atoms with van der Waals surface area (Å²) in [6.07, 6.45) is 0. The monoisotopic (exact) mass is 202 g/mol. The molecular weight excluding hydrogens is 192 g/mol. The van der Waals surface area contributed by atoms with E-state index in [4.69, 9.17) is 0 Å². The van der Waals surface area contributed by atoms with Gasteiger partial charge in [-0.05, 0) is 6.92 Å². The number of nitrogens with one attached hydrogen (secondary N) is 3. The number of rotatable bonds is 3. The van der Waals surface area contributed by atoms with Gasteiger partial charge >= 0.3 is 5.69 Å². The molecule has 72 valence electrons. The number of H-pyrrole nitrogens is 2. The zero-order valence-electron chi connectivity index (χ0n) is 7.25. The summed E-state index contributed by atoms with van der Waals surface area (Å²) >= 11 is 1.19. The smallest absolute Gasteiger partial charge is 0.341 e. The summed E-state index contributed by atoms with van der Waals surface area (Å²) in [5.41, 5.74) is -0.369. The molecule has 0 fully saturated rings. The molecule has 0 spiro atoms. The van der Waals surface area contributed by atoms with E-state index in [-0.39, 0.29) is 16.8 Å². The SMILES string of the molecule is CNC(=O)C(C)Sc1n[nH]c(=O)[nH]1. The highest BCUT2D eigenvalue weighted by Gasteiger charge is 2.14. The summed E-state index contributed by atoms with van der Waals surface area (Å²) < 4.78 is 0. The molecule has 0 aliphatic heterocycles. The number of carbonyl (C=O) groups excluding carboxylic acids is 1. The normalized spacial score (nSPS) is 12.5. The minimum absolute atomic E-state index is 0.103. The second-order valence-electron chi connectivity index (χ2n) is 2.36. The largest absolute Gasteiger partial charge is 0.358 e. The first-order valence-electron chi connectivity index (χ1n) is 3.66. The lowest BCUT2D eigenvalue weighted by atomic mass is 10.4. The van der Waals surface area contributed by atoms with Gasteiger partial charge in [0.15, 0.2) is 5.16 Å². The number of nitrogens with zero attached hydrogens (tertiary/aromatic N) is 1. The number of amides is 1. The third-order valence-electron chi connectivity index (χ3n) is 1.38. The number of aromatic nitrogens is 3. The Bertz CT molecular complexity index is 344. The Kier molecular flexibility index (Phi) is 3.13. The van der Waals surface area contributed by atoms with Crippen molar-refractivity contribution in [3.63, 3.8) is 0 Å². The van der Waals surface area contributed by atoms with Gasteiger partial charge in [0.2, 0.25) is 5.91 Å².